The number of benzene rings is 1. The van der Waals surface area contributed by atoms with Crippen LogP contribution in [0.2, 0.25) is 0 Å². The third-order valence-corrected chi connectivity index (χ3v) is 4.33. The molecule has 2 aromatic heterocycles. The highest BCUT2D eigenvalue weighted by molar-refractivity contribution is 7.13. The summed E-state index contributed by atoms with van der Waals surface area (Å²) in [5.41, 5.74) is 3.21. The van der Waals surface area contributed by atoms with Crippen LogP contribution in [0.5, 0.6) is 0 Å². The molecule has 0 aliphatic carbocycles. The van der Waals surface area contributed by atoms with Gasteiger partial charge in [-0.25, -0.2) is 4.98 Å². The van der Waals surface area contributed by atoms with Crippen LogP contribution in [0.4, 0.5) is 0 Å². The lowest BCUT2D eigenvalue weighted by molar-refractivity contribution is 0.789. The summed E-state index contributed by atoms with van der Waals surface area (Å²) in [5.74, 6) is 0.445. The number of pyridine rings is 1. The van der Waals surface area contributed by atoms with Gasteiger partial charge in [-0.1, -0.05) is 24.3 Å². The molecule has 0 saturated carbocycles. The van der Waals surface area contributed by atoms with Gasteiger partial charge in [0.05, 0.1) is 11.6 Å². The summed E-state index contributed by atoms with van der Waals surface area (Å²) in [7, 11) is 0. The van der Waals surface area contributed by atoms with E-state index in [9.17, 15) is 4.79 Å². The van der Waals surface area contributed by atoms with E-state index in [1.54, 1.807) is 35.9 Å². The van der Waals surface area contributed by atoms with Crippen molar-refractivity contribution in [2.45, 2.75) is 12.4 Å². The van der Waals surface area contributed by atoms with Crippen LogP contribution in [-0.4, -0.2) is 9.55 Å². The fraction of sp³-hybridized carbons (Fsp3) is 0.125. The van der Waals surface area contributed by atoms with Crippen molar-refractivity contribution < 1.29 is 0 Å². The molecule has 3 rings (SSSR count). The molecule has 21 heavy (non-hydrogen) atoms. The maximum absolute atomic E-state index is 11.1. The van der Waals surface area contributed by atoms with Crippen molar-refractivity contribution in [3.8, 4) is 10.6 Å². The first-order valence-electron chi connectivity index (χ1n) is 6.50. The van der Waals surface area contributed by atoms with E-state index in [-0.39, 0.29) is 5.43 Å². The molecule has 0 atom stereocenters. The number of hydrogen-bond acceptors (Lipinski definition) is 3. The third-order valence-electron chi connectivity index (χ3n) is 3.12. The first-order valence-corrected chi connectivity index (χ1v) is 7.92. The van der Waals surface area contributed by atoms with Crippen LogP contribution in [0.1, 0.15) is 11.3 Å². The van der Waals surface area contributed by atoms with Crippen molar-refractivity contribution in [3.05, 3.63) is 75.7 Å². The molecule has 0 fully saturated rings. The molecule has 3 nitrogen and oxygen atoms in total. The molecular formula is C16H13ClN2OS. The highest BCUT2D eigenvalue weighted by Gasteiger charge is 2.04. The van der Waals surface area contributed by atoms with E-state index in [0.29, 0.717) is 5.88 Å². The number of rotatable bonds is 4. The quantitative estimate of drug-likeness (QED) is 0.687. The van der Waals surface area contributed by atoms with E-state index in [2.05, 4.69) is 29.2 Å². The van der Waals surface area contributed by atoms with E-state index in [1.165, 1.54) is 5.56 Å². The lowest BCUT2D eigenvalue weighted by atomic mass is 10.1. The zero-order valence-corrected chi connectivity index (χ0v) is 12.8. The van der Waals surface area contributed by atoms with E-state index >= 15 is 0 Å². The molecule has 0 amide bonds. The predicted octanol–water partition coefficient (Wildman–Crippen LogP) is 3.76. The van der Waals surface area contributed by atoms with E-state index in [4.69, 9.17) is 11.6 Å². The van der Waals surface area contributed by atoms with Gasteiger partial charge in [0.15, 0.2) is 5.43 Å². The largest absolute Gasteiger partial charge is 0.350 e. The maximum Gasteiger partial charge on any atom is 0.181 e. The molecule has 5 heteroatoms. The molecular weight excluding hydrogens is 304 g/mol. The van der Waals surface area contributed by atoms with Crippen molar-refractivity contribution in [2.75, 3.05) is 0 Å². The molecule has 1 aromatic carbocycles. The Hall–Kier alpha value is -1.91. The fourth-order valence-electron chi connectivity index (χ4n) is 2.01. The molecule has 0 unspecified atom stereocenters. The zero-order valence-electron chi connectivity index (χ0n) is 11.2. The smallest absolute Gasteiger partial charge is 0.181 e. The van der Waals surface area contributed by atoms with Gasteiger partial charge >= 0.3 is 0 Å². The summed E-state index contributed by atoms with van der Waals surface area (Å²) in [6, 6.07) is 11.4. The van der Waals surface area contributed by atoms with E-state index in [0.717, 1.165) is 22.8 Å². The summed E-state index contributed by atoms with van der Waals surface area (Å²) in [6.07, 6.45) is 3.59. The van der Waals surface area contributed by atoms with Gasteiger partial charge in [0.25, 0.3) is 0 Å². The molecule has 3 aromatic rings. The molecule has 0 aliphatic rings. The van der Waals surface area contributed by atoms with Crippen LogP contribution >= 0.6 is 22.9 Å². The van der Waals surface area contributed by atoms with Crippen molar-refractivity contribution in [3.63, 3.8) is 0 Å². The second-order valence-corrected chi connectivity index (χ2v) is 5.81. The zero-order chi connectivity index (χ0) is 14.7. The lowest BCUT2D eigenvalue weighted by Gasteiger charge is -2.06. The lowest BCUT2D eigenvalue weighted by Crippen LogP contribution is -2.04. The Morgan fingerprint density at radius 1 is 1.10 bits per heavy atom. The van der Waals surface area contributed by atoms with Crippen LogP contribution in [-0.2, 0) is 12.4 Å². The highest BCUT2D eigenvalue weighted by Crippen LogP contribution is 2.24. The Morgan fingerprint density at radius 2 is 1.81 bits per heavy atom. The number of aromatic nitrogens is 2. The monoisotopic (exact) mass is 316 g/mol. The number of alkyl halides is 1. The Labute approximate surface area is 131 Å². The molecule has 0 radical (unpaired) electrons. The Balaban J connectivity index is 1.77. The minimum absolute atomic E-state index is 0.0282. The second-order valence-electron chi connectivity index (χ2n) is 4.68. The molecule has 0 bridgehead atoms. The Bertz CT molecular complexity index is 772. The molecule has 106 valence electrons. The van der Waals surface area contributed by atoms with Gasteiger partial charge in [-0.3, -0.25) is 4.79 Å². The van der Waals surface area contributed by atoms with E-state index < -0.39 is 0 Å². The van der Waals surface area contributed by atoms with Gasteiger partial charge in [-0.05, 0) is 5.56 Å². The first kappa shape index (κ1) is 14.0. The summed E-state index contributed by atoms with van der Waals surface area (Å²) in [6.45, 7) is 0.741. The van der Waals surface area contributed by atoms with Gasteiger partial charge < -0.3 is 4.57 Å². The standard InChI is InChI=1S/C16H13ClN2OS/c17-9-14-11-21-16(18-14)13-3-1-12(2-4-13)10-19-7-5-15(20)6-8-19/h1-8,11H,9-10H2. The topological polar surface area (TPSA) is 34.9 Å². The maximum atomic E-state index is 11.1. The molecule has 0 aliphatic heterocycles. The van der Waals surface area contributed by atoms with Gasteiger partial charge in [-0.15, -0.1) is 22.9 Å². The highest BCUT2D eigenvalue weighted by atomic mass is 35.5. The number of halogens is 1. The van der Waals surface area contributed by atoms with Crippen molar-refractivity contribution in [1.82, 2.24) is 9.55 Å². The number of thiazole rings is 1. The van der Waals surface area contributed by atoms with Crippen molar-refractivity contribution >= 4 is 22.9 Å². The predicted molar refractivity (Wildman–Crippen MR) is 86.9 cm³/mol. The molecule has 0 saturated heterocycles. The Morgan fingerprint density at radius 3 is 2.43 bits per heavy atom. The number of nitrogens with zero attached hydrogens (tertiary/aromatic N) is 2. The molecule has 2 heterocycles. The summed E-state index contributed by atoms with van der Waals surface area (Å²) in [5, 5.41) is 2.97. The van der Waals surface area contributed by atoms with Crippen LogP contribution in [0.15, 0.2) is 59.0 Å². The second kappa shape index (κ2) is 6.24. The summed E-state index contributed by atoms with van der Waals surface area (Å²) >= 11 is 7.38. The van der Waals surface area contributed by atoms with Crippen molar-refractivity contribution in [2.24, 2.45) is 0 Å². The third kappa shape index (κ3) is 3.40. The minimum atomic E-state index is 0.0282. The van der Waals surface area contributed by atoms with Crippen molar-refractivity contribution in [1.29, 1.82) is 0 Å². The van der Waals surface area contributed by atoms with Gasteiger partial charge in [0, 0.05) is 42.0 Å². The van der Waals surface area contributed by atoms with Crippen LogP contribution in [0.3, 0.4) is 0 Å². The van der Waals surface area contributed by atoms with E-state index in [1.807, 2.05) is 9.95 Å². The summed E-state index contributed by atoms with van der Waals surface area (Å²) < 4.78 is 1.98. The Kier molecular flexibility index (Phi) is 4.18. The normalized spacial score (nSPS) is 10.7. The van der Waals surface area contributed by atoms with Gasteiger partial charge in [0.2, 0.25) is 0 Å². The average Bonchev–Trinajstić information content (AvgIpc) is 2.99. The number of hydrogen-bond donors (Lipinski definition) is 0. The fourth-order valence-corrected chi connectivity index (χ4v) is 3.07. The first-order chi connectivity index (χ1) is 10.2. The van der Waals surface area contributed by atoms with Gasteiger partial charge in [-0.2, -0.15) is 0 Å². The SMILES string of the molecule is O=c1ccn(Cc2ccc(-c3nc(CCl)cs3)cc2)cc1. The molecule has 0 N–H and O–H groups in total. The average molecular weight is 317 g/mol. The van der Waals surface area contributed by atoms with Crippen LogP contribution in [0, 0.1) is 0 Å². The van der Waals surface area contributed by atoms with Gasteiger partial charge in [0.1, 0.15) is 5.01 Å². The van der Waals surface area contributed by atoms with Crippen LogP contribution in [0.25, 0.3) is 10.6 Å². The minimum Gasteiger partial charge on any atom is -0.350 e. The molecule has 0 spiro atoms. The summed E-state index contributed by atoms with van der Waals surface area (Å²) in [4.78, 5) is 15.5. The van der Waals surface area contributed by atoms with Crippen LogP contribution < -0.4 is 5.43 Å².